The van der Waals surface area contributed by atoms with Crippen LogP contribution in [0, 0.1) is 5.92 Å². The molecule has 0 amide bonds. The smallest absolute Gasteiger partial charge is 0.0249 e. The lowest BCUT2D eigenvalue weighted by Crippen LogP contribution is -2.57. The van der Waals surface area contributed by atoms with Gasteiger partial charge in [0.2, 0.25) is 0 Å². The summed E-state index contributed by atoms with van der Waals surface area (Å²) in [5, 5.41) is 5.92. The van der Waals surface area contributed by atoms with Gasteiger partial charge in [-0.25, -0.2) is 0 Å². The van der Waals surface area contributed by atoms with Crippen molar-refractivity contribution in [1.82, 2.24) is 10.2 Å². The third-order valence-corrected chi connectivity index (χ3v) is 5.36. The molecule has 3 heteroatoms. The Kier molecular flexibility index (Phi) is 4.02. The Morgan fingerprint density at radius 3 is 3.00 bits per heavy atom. The zero-order chi connectivity index (χ0) is 12.4. The van der Waals surface area contributed by atoms with Gasteiger partial charge in [-0.1, -0.05) is 13.0 Å². The highest BCUT2D eigenvalue weighted by molar-refractivity contribution is 7.09. The third kappa shape index (κ3) is 2.95. The molecule has 1 aromatic heterocycles. The quantitative estimate of drug-likeness (QED) is 0.880. The van der Waals surface area contributed by atoms with Crippen LogP contribution < -0.4 is 5.32 Å². The molecule has 0 bridgehead atoms. The average Bonchev–Trinajstić information content (AvgIpc) is 3.12. The summed E-state index contributed by atoms with van der Waals surface area (Å²) >= 11 is 1.90. The van der Waals surface area contributed by atoms with E-state index in [1.807, 2.05) is 11.3 Å². The van der Waals surface area contributed by atoms with Crippen molar-refractivity contribution in [3.63, 3.8) is 0 Å². The van der Waals surface area contributed by atoms with Gasteiger partial charge in [-0.15, -0.1) is 11.3 Å². The molecule has 100 valence electrons. The number of piperazine rings is 1. The summed E-state index contributed by atoms with van der Waals surface area (Å²) in [4.78, 5) is 4.30. The van der Waals surface area contributed by atoms with Crippen LogP contribution in [0.25, 0.3) is 0 Å². The number of nitrogens with zero attached hydrogens (tertiary/aromatic N) is 1. The Labute approximate surface area is 114 Å². The van der Waals surface area contributed by atoms with E-state index >= 15 is 0 Å². The van der Waals surface area contributed by atoms with Crippen LogP contribution in [0.5, 0.6) is 0 Å². The van der Waals surface area contributed by atoms with Crippen LogP contribution in [0.1, 0.15) is 31.1 Å². The van der Waals surface area contributed by atoms with Gasteiger partial charge in [-0.05, 0) is 43.0 Å². The molecule has 1 aliphatic heterocycles. The fourth-order valence-electron chi connectivity index (χ4n) is 3.08. The Morgan fingerprint density at radius 1 is 1.44 bits per heavy atom. The van der Waals surface area contributed by atoms with Gasteiger partial charge in [-0.3, -0.25) is 4.90 Å². The van der Waals surface area contributed by atoms with Crippen molar-refractivity contribution in [2.24, 2.45) is 5.92 Å². The van der Waals surface area contributed by atoms with E-state index in [1.165, 1.54) is 50.2 Å². The lowest BCUT2D eigenvalue weighted by atomic mass is 10.0. The molecule has 0 spiro atoms. The Balaban J connectivity index is 1.58. The Hall–Kier alpha value is -0.380. The first-order valence-electron chi connectivity index (χ1n) is 7.36. The summed E-state index contributed by atoms with van der Waals surface area (Å²) in [7, 11) is 0. The zero-order valence-electron chi connectivity index (χ0n) is 11.3. The van der Waals surface area contributed by atoms with Gasteiger partial charge >= 0.3 is 0 Å². The fraction of sp³-hybridized carbons (Fsp3) is 0.733. The predicted molar refractivity (Wildman–Crippen MR) is 78.2 cm³/mol. The highest BCUT2D eigenvalue weighted by Crippen LogP contribution is 2.36. The molecule has 1 aromatic rings. The van der Waals surface area contributed by atoms with E-state index in [0.717, 1.165) is 12.0 Å². The summed E-state index contributed by atoms with van der Waals surface area (Å²) in [5.74, 6) is 0.985. The van der Waals surface area contributed by atoms with Crippen molar-refractivity contribution in [3.8, 4) is 0 Å². The number of rotatable bonds is 5. The summed E-state index contributed by atoms with van der Waals surface area (Å²) < 4.78 is 0. The minimum absolute atomic E-state index is 0.711. The van der Waals surface area contributed by atoms with Gasteiger partial charge in [0.15, 0.2) is 0 Å². The molecule has 2 aliphatic rings. The molecule has 0 aromatic carbocycles. The summed E-state index contributed by atoms with van der Waals surface area (Å²) in [6.07, 6.45) is 5.40. The van der Waals surface area contributed by atoms with Crippen molar-refractivity contribution < 1.29 is 0 Å². The van der Waals surface area contributed by atoms with Gasteiger partial charge in [0, 0.05) is 36.6 Å². The molecule has 18 heavy (non-hydrogen) atoms. The minimum Gasteiger partial charge on any atom is -0.311 e. The maximum absolute atomic E-state index is 3.72. The molecule has 2 fully saturated rings. The second-order valence-corrected chi connectivity index (χ2v) is 6.77. The molecular formula is C15H24N2S. The number of hydrogen-bond acceptors (Lipinski definition) is 3. The van der Waals surface area contributed by atoms with Crippen LogP contribution in [0.2, 0.25) is 0 Å². The number of hydrogen-bond donors (Lipinski definition) is 1. The first-order valence-corrected chi connectivity index (χ1v) is 8.24. The van der Waals surface area contributed by atoms with Gasteiger partial charge in [0.1, 0.15) is 0 Å². The minimum atomic E-state index is 0.711. The molecule has 1 N–H and O–H groups in total. The van der Waals surface area contributed by atoms with Gasteiger partial charge in [0.05, 0.1) is 0 Å². The molecule has 1 saturated carbocycles. The van der Waals surface area contributed by atoms with E-state index in [0.29, 0.717) is 6.04 Å². The average molecular weight is 264 g/mol. The lowest BCUT2D eigenvalue weighted by Gasteiger charge is -2.40. The normalized spacial score (nSPS) is 29.6. The van der Waals surface area contributed by atoms with Crippen LogP contribution in [-0.2, 0) is 6.42 Å². The first-order chi connectivity index (χ1) is 8.86. The van der Waals surface area contributed by atoms with Crippen molar-refractivity contribution >= 4 is 11.3 Å². The summed E-state index contributed by atoms with van der Waals surface area (Å²) in [6.45, 7) is 6.02. The van der Waals surface area contributed by atoms with Gasteiger partial charge in [-0.2, -0.15) is 0 Å². The van der Waals surface area contributed by atoms with Crippen molar-refractivity contribution in [1.29, 1.82) is 0 Å². The predicted octanol–water partition coefficient (Wildman–Crippen LogP) is 2.75. The van der Waals surface area contributed by atoms with Crippen LogP contribution in [0.15, 0.2) is 17.5 Å². The second kappa shape index (κ2) is 5.72. The molecule has 1 aliphatic carbocycles. The molecule has 3 rings (SSSR count). The summed E-state index contributed by atoms with van der Waals surface area (Å²) in [5.41, 5.74) is 0. The Morgan fingerprint density at radius 2 is 2.33 bits per heavy atom. The van der Waals surface area contributed by atoms with Crippen LogP contribution in [0.4, 0.5) is 0 Å². The third-order valence-electron chi connectivity index (χ3n) is 4.42. The lowest BCUT2D eigenvalue weighted by molar-refractivity contribution is 0.115. The monoisotopic (exact) mass is 264 g/mol. The molecule has 2 atom stereocenters. The van der Waals surface area contributed by atoms with E-state index in [-0.39, 0.29) is 0 Å². The number of nitrogens with one attached hydrogen (secondary N) is 1. The largest absolute Gasteiger partial charge is 0.311 e. The van der Waals surface area contributed by atoms with E-state index in [9.17, 15) is 0 Å². The topological polar surface area (TPSA) is 15.3 Å². The van der Waals surface area contributed by atoms with E-state index in [4.69, 9.17) is 0 Å². The molecule has 2 unspecified atom stereocenters. The standard InChI is InChI=1S/C15H24N2S/c1-2-13-11-17(8-7-14-4-3-9-18-14)15(10-16-13)12-5-6-12/h3-4,9,12-13,15-16H,2,5-8,10-11H2,1H3. The van der Waals surface area contributed by atoms with Gasteiger partial charge < -0.3 is 5.32 Å². The molecular weight excluding hydrogens is 240 g/mol. The second-order valence-electron chi connectivity index (χ2n) is 5.74. The van der Waals surface area contributed by atoms with Crippen LogP contribution in [-0.4, -0.2) is 36.6 Å². The molecule has 2 nitrogen and oxygen atoms in total. The van der Waals surface area contributed by atoms with E-state index in [1.54, 1.807) is 0 Å². The van der Waals surface area contributed by atoms with Crippen molar-refractivity contribution in [3.05, 3.63) is 22.4 Å². The highest BCUT2D eigenvalue weighted by Gasteiger charge is 2.38. The molecule has 1 saturated heterocycles. The summed E-state index contributed by atoms with van der Waals surface area (Å²) in [6, 6.07) is 5.97. The van der Waals surface area contributed by atoms with Crippen molar-refractivity contribution in [2.45, 2.75) is 44.7 Å². The first kappa shape index (κ1) is 12.6. The molecule has 2 heterocycles. The maximum Gasteiger partial charge on any atom is 0.0249 e. The highest BCUT2D eigenvalue weighted by atomic mass is 32.1. The van der Waals surface area contributed by atoms with E-state index in [2.05, 4.69) is 34.7 Å². The van der Waals surface area contributed by atoms with Crippen molar-refractivity contribution in [2.75, 3.05) is 19.6 Å². The van der Waals surface area contributed by atoms with Gasteiger partial charge in [0.25, 0.3) is 0 Å². The fourth-order valence-corrected chi connectivity index (χ4v) is 3.78. The van der Waals surface area contributed by atoms with Crippen LogP contribution in [0.3, 0.4) is 0 Å². The SMILES string of the molecule is CCC1CN(CCc2cccs2)C(C2CC2)CN1. The zero-order valence-corrected chi connectivity index (χ0v) is 12.1. The maximum atomic E-state index is 3.72. The van der Waals surface area contributed by atoms with E-state index < -0.39 is 0 Å². The molecule has 0 radical (unpaired) electrons. The Bertz CT molecular complexity index is 359. The number of thiophene rings is 1. The van der Waals surface area contributed by atoms with Crippen LogP contribution >= 0.6 is 11.3 Å².